The highest BCUT2D eigenvalue weighted by Gasteiger charge is 2.22. The second-order valence-corrected chi connectivity index (χ2v) is 19.7. The number of hydrogen-bond donors (Lipinski definition) is 0. The molecule has 0 amide bonds. The third-order valence-electron chi connectivity index (χ3n) is 15.4. The van der Waals surface area contributed by atoms with Crippen LogP contribution < -0.4 is 9.80 Å². The van der Waals surface area contributed by atoms with Gasteiger partial charge in [0.05, 0.1) is 22.1 Å². The van der Waals surface area contributed by atoms with Crippen molar-refractivity contribution in [3.05, 3.63) is 267 Å². The summed E-state index contributed by atoms with van der Waals surface area (Å²) in [6.45, 7) is 0. The van der Waals surface area contributed by atoms with E-state index >= 15 is 0 Å². The standard InChI is InChI=1S/C70H44N4O2/c1-5-17-47(18-6-1)71(51-29-33-57-55-25-13-15-27-63(55)73(65(57)41-51)49-21-9-3-10-22-49)53-31-35-59-61-37-45-38-62-60-36-32-54(44-70(60)76-68(62)40-46(45)39-67(61)75-69(59)43-53)72(48-19-7-2-8-20-48)52-30-34-58-56-26-14-16-28-64(56)74(66(58)42-52)50-23-11-4-12-24-50/h1-44H. The molecule has 4 aromatic heterocycles. The molecule has 16 aromatic rings. The van der Waals surface area contributed by atoms with Gasteiger partial charge in [-0.05, 0) is 144 Å². The summed E-state index contributed by atoms with van der Waals surface area (Å²) in [5.74, 6) is 0. The third kappa shape index (κ3) is 6.54. The Morgan fingerprint density at radius 3 is 0.987 bits per heavy atom. The number of rotatable bonds is 8. The zero-order valence-corrected chi connectivity index (χ0v) is 41.0. The first-order chi connectivity index (χ1) is 37.7. The second kappa shape index (κ2) is 16.6. The van der Waals surface area contributed by atoms with E-state index in [0.29, 0.717) is 0 Å². The summed E-state index contributed by atoms with van der Waals surface area (Å²) in [5, 5.41) is 11.3. The monoisotopic (exact) mass is 972 g/mol. The Morgan fingerprint density at radius 2 is 0.553 bits per heavy atom. The molecule has 0 saturated heterocycles. The van der Waals surface area contributed by atoms with Crippen LogP contribution in [0.1, 0.15) is 0 Å². The van der Waals surface area contributed by atoms with Gasteiger partial charge >= 0.3 is 0 Å². The Labute approximate surface area is 436 Å². The highest BCUT2D eigenvalue weighted by molar-refractivity contribution is 6.17. The number of furan rings is 2. The summed E-state index contributed by atoms with van der Waals surface area (Å²) < 4.78 is 18.4. The van der Waals surface area contributed by atoms with Gasteiger partial charge in [0.2, 0.25) is 0 Å². The number of benzene rings is 12. The van der Waals surface area contributed by atoms with Crippen LogP contribution in [0.5, 0.6) is 0 Å². The van der Waals surface area contributed by atoms with Crippen molar-refractivity contribution in [1.29, 1.82) is 0 Å². The second-order valence-electron chi connectivity index (χ2n) is 19.7. The fraction of sp³-hybridized carbons (Fsp3) is 0. The van der Waals surface area contributed by atoms with E-state index in [1.165, 1.54) is 32.6 Å². The van der Waals surface area contributed by atoms with Crippen molar-refractivity contribution in [2.24, 2.45) is 0 Å². The van der Waals surface area contributed by atoms with Gasteiger partial charge in [0.15, 0.2) is 0 Å². The third-order valence-corrected chi connectivity index (χ3v) is 15.4. The first kappa shape index (κ1) is 42.2. The molecule has 4 heterocycles. The van der Waals surface area contributed by atoms with Gasteiger partial charge in [0.25, 0.3) is 0 Å². The minimum absolute atomic E-state index is 0.827. The normalized spacial score (nSPS) is 11.9. The fourth-order valence-corrected chi connectivity index (χ4v) is 12.0. The van der Waals surface area contributed by atoms with E-state index < -0.39 is 0 Å². The molecule has 0 aliphatic heterocycles. The summed E-state index contributed by atoms with van der Waals surface area (Å²) in [4.78, 5) is 4.65. The van der Waals surface area contributed by atoms with Crippen molar-refractivity contribution in [2.45, 2.75) is 0 Å². The first-order valence-electron chi connectivity index (χ1n) is 25.8. The van der Waals surface area contributed by atoms with E-state index in [0.717, 1.165) is 111 Å². The van der Waals surface area contributed by atoms with Gasteiger partial charge in [-0.2, -0.15) is 0 Å². The molecule has 356 valence electrons. The van der Waals surface area contributed by atoms with E-state index in [4.69, 9.17) is 8.83 Å². The predicted octanol–water partition coefficient (Wildman–Crippen LogP) is 19.8. The summed E-state index contributed by atoms with van der Waals surface area (Å²) in [6.07, 6.45) is 0. The number of anilines is 6. The molecule has 0 unspecified atom stereocenters. The molecule has 0 radical (unpaired) electrons. The summed E-state index contributed by atoms with van der Waals surface area (Å²) in [7, 11) is 0. The maximum atomic E-state index is 6.82. The number of para-hydroxylation sites is 6. The van der Waals surface area contributed by atoms with Crippen molar-refractivity contribution < 1.29 is 8.83 Å². The van der Waals surface area contributed by atoms with Crippen LogP contribution in [0, 0.1) is 0 Å². The lowest BCUT2D eigenvalue weighted by Crippen LogP contribution is -2.09. The molecular formula is C70H44N4O2. The molecule has 0 N–H and O–H groups in total. The van der Waals surface area contributed by atoms with Crippen LogP contribution in [0.15, 0.2) is 276 Å². The Bertz CT molecular complexity index is 4630. The van der Waals surface area contributed by atoms with Gasteiger partial charge in [-0.1, -0.05) is 121 Å². The smallest absolute Gasteiger partial charge is 0.137 e. The summed E-state index contributed by atoms with van der Waals surface area (Å²) >= 11 is 0. The number of hydrogen-bond acceptors (Lipinski definition) is 4. The zero-order valence-electron chi connectivity index (χ0n) is 41.0. The van der Waals surface area contributed by atoms with Crippen molar-refractivity contribution >= 4 is 132 Å². The van der Waals surface area contributed by atoms with E-state index in [2.05, 4.69) is 286 Å². The highest BCUT2D eigenvalue weighted by atomic mass is 16.3. The molecule has 12 aromatic carbocycles. The lowest BCUT2D eigenvalue weighted by Gasteiger charge is -2.25. The maximum Gasteiger partial charge on any atom is 0.137 e. The molecule has 0 saturated carbocycles. The van der Waals surface area contributed by atoms with Crippen LogP contribution in [0.3, 0.4) is 0 Å². The summed E-state index contributed by atoms with van der Waals surface area (Å²) in [5.41, 5.74) is 16.5. The van der Waals surface area contributed by atoms with Crippen LogP contribution in [0.4, 0.5) is 34.1 Å². The number of aromatic nitrogens is 2. The average Bonchev–Trinajstić information content (AvgIpc) is 4.28. The molecule has 6 nitrogen and oxygen atoms in total. The molecule has 0 fully saturated rings. The molecule has 0 aliphatic rings. The molecule has 0 atom stereocenters. The lowest BCUT2D eigenvalue weighted by atomic mass is 10.0. The largest absolute Gasteiger partial charge is 0.456 e. The van der Waals surface area contributed by atoms with Crippen molar-refractivity contribution in [3.63, 3.8) is 0 Å². The van der Waals surface area contributed by atoms with Gasteiger partial charge in [-0.3, -0.25) is 0 Å². The zero-order chi connectivity index (χ0) is 49.8. The van der Waals surface area contributed by atoms with Crippen molar-refractivity contribution in [1.82, 2.24) is 9.13 Å². The Balaban J connectivity index is 0.793. The lowest BCUT2D eigenvalue weighted by molar-refractivity contribution is 0.668. The molecule has 0 aliphatic carbocycles. The predicted molar refractivity (Wildman–Crippen MR) is 317 cm³/mol. The first-order valence-corrected chi connectivity index (χ1v) is 25.8. The van der Waals surface area contributed by atoms with E-state index in [1.807, 2.05) is 0 Å². The molecule has 0 bridgehead atoms. The van der Waals surface area contributed by atoms with Crippen molar-refractivity contribution in [2.75, 3.05) is 9.80 Å². The van der Waals surface area contributed by atoms with E-state index in [9.17, 15) is 0 Å². The van der Waals surface area contributed by atoms with Gasteiger partial charge in [-0.15, -0.1) is 0 Å². The SMILES string of the molecule is c1ccc(N(c2ccc3c(c2)oc2cc4cc5oc6cc(N(c7ccccc7)c7ccc8c9ccccc9n(-c9ccccc9)c8c7)ccc6c5cc4cc23)c2ccc3c4ccccc4n(-c4ccccc4)c3c2)cc1. The highest BCUT2D eigenvalue weighted by Crippen LogP contribution is 2.45. The Morgan fingerprint density at radius 1 is 0.224 bits per heavy atom. The van der Waals surface area contributed by atoms with Crippen molar-refractivity contribution in [3.8, 4) is 11.4 Å². The minimum Gasteiger partial charge on any atom is -0.456 e. The van der Waals surface area contributed by atoms with Crippen LogP contribution >= 0.6 is 0 Å². The van der Waals surface area contributed by atoms with Crippen LogP contribution in [0.25, 0.3) is 110 Å². The van der Waals surface area contributed by atoms with E-state index in [-0.39, 0.29) is 0 Å². The number of fused-ring (bicyclic) bond motifs is 13. The maximum absolute atomic E-state index is 6.82. The average molecular weight is 973 g/mol. The van der Waals surface area contributed by atoms with E-state index in [1.54, 1.807) is 0 Å². The van der Waals surface area contributed by atoms with Gasteiger partial charge < -0.3 is 27.8 Å². The van der Waals surface area contributed by atoms with Crippen LogP contribution in [0.2, 0.25) is 0 Å². The minimum atomic E-state index is 0.827. The van der Waals surface area contributed by atoms with Gasteiger partial charge in [-0.25, -0.2) is 0 Å². The summed E-state index contributed by atoms with van der Waals surface area (Å²) in [6, 6.07) is 95.5. The molecule has 16 rings (SSSR count). The topological polar surface area (TPSA) is 42.6 Å². The molecule has 0 spiro atoms. The quantitative estimate of drug-likeness (QED) is 0.152. The van der Waals surface area contributed by atoms with Gasteiger partial charge in [0, 0.05) is 101 Å². The molecule has 6 heteroatoms. The molecule has 76 heavy (non-hydrogen) atoms. The number of nitrogens with zero attached hydrogens (tertiary/aromatic N) is 4. The Hall–Kier alpha value is -10.3. The Kier molecular flexibility index (Phi) is 9.23. The van der Waals surface area contributed by atoms with Gasteiger partial charge in [0.1, 0.15) is 22.3 Å². The van der Waals surface area contributed by atoms with Crippen LogP contribution in [-0.2, 0) is 0 Å². The van der Waals surface area contributed by atoms with Crippen LogP contribution in [-0.4, -0.2) is 9.13 Å². The fourth-order valence-electron chi connectivity index (χ4n) is 12.0. The molecular weight excluding hydrogens is 929 g/mol.